The van der Waals surface area contributed by atoms with Gasteiger partial charge in [0.1, 0.15) is 5.82 Å². The molecule has 0 bridgehead atoms. The third kappa shape index (κ3) is 4.74. The van der Waals surface area contributed by atoms with Crippen LogP contribution in [-0.4, -0.2) is 26.3 Å². The van der Waals surface area contributed by atoms with E-state index in [0.717, 1.165) is 11.4 Å². The van der Waals surface area contributed by atoms with Gasteiger partial charge in [-0.15, -0.1) is 5.10 Å². The first-order valence-electron chi connectivity index (χ1n) is 7.07. The second-order valence-electron chi connectivity index (χ2n) is 5.26. The van der Waals surface area contributed by atoms with Crippen molar-refractivity contribution in [2.24, 2.45) is 0 Å². The normalized spacial score (nSPS) is 12.4. The third-order valence-corrected chi connectivity index (χ3v) is 4.27. The zero-order chi connectivity index (χ0) is 16.1. The molecule has 0 fully saturated rings. The first-order valence-corrected chi connectivity index (χ1v) is 8.32. The van der Waals surface area contributed by atoms with Crippen LogP contribution in [0.2, 0.25) is 5.02 Å². The summed E-state index contributed by atoms with van der Waals surface area (Å²) in [6.45, 7) is 6.40. The van der Waals surface area contributed by atoms with Crippen LogP contribution in [0.1, 0.15) is 38.1 Å². The first kappa shape index (κ1) is 16.8. The highest BCUT2D eigenvalue weighted by molar-refractivity contribution is 8.00. The van der Waals surface area contributed by atoms with Crippen LogP contribution in [-0.2, 0) is 11.3 Å². The SMILES string of the molecule is CC(Sc1n[nH]c(C(C)C)n1)C(=O)NCc1ccc(Cl)cc1. The first-order chi connectivity index (χ1) is 10.5. The number of aromatic amines is 1. The van der Waals surface area contributed by atoms with Gasteiger partial charge in [-0.3, -0.25) is 9.89 Å². The molecule has 0 aliphatic rings. The molecule has 1 atom stereocenters. The standard InChI is InChI=1S/C15H19ClN4OS/c1-9(2)13-18-15(20-19-13)22-10(3)14(21)17-8-11-4-6-12(16)7-5-11/h4-7,9-10H,8H2,1-3H3,(H,17,21)(H,18,19,20). The molecule has 0 radical (unpaired) electrons. The predicted octanol–water partition coefficient (Wildman–Crippen LogP) is 3.38. The van der Waals surface area contributed by atoms with Crippen LogP contribution in [0.5, 0.6) is 0 Å². The molecule has 1 unspecified atom stereocenters. The van der Waals surface area contributed by atoms with E-state index in [9.17, 15) is 4.79 Å². The van der Waals surface area contributed by atoms with Gasteiger partial charge in [0.25, 0.3) is 0 Å². The molecule has 0 aliphatic carbocycles. The van der Waals surface area contributed by atoms with Gasteiger partial charge in [0.05, 0.1) is 5.25 Å². The number of H-pyrrole nitrogens is 1. The van der Waals surface area contributed by atoms with Crippen LogP contribution >= 0.6 is 23.4 Å². The van der Waals surface area contributed by atoms with Gasteiger partial charge in [0.2, 0.25) is 11.1 Å². The fourth-order valence-electron chi connectivity index (χ4n) is 1.72. The maximum absolute atomic E-state index is 12.1. The lowest BCUT2D eigenvalue weighted by Crippen LogP contribution is -2.30. The molecule has 0 spiro atoms. The van der Waals surface area contributed by atoms with Crippen LogP contribution in [0, 0.1) is 0 Å². The summed E-state index contributed by atoms with van der Waals surface area (Å²) in [5.41, 5.74) is 1.01. The fourth-order valence-corrected chi connectivity index (χ4v) is 2.60. The number of rotatable bonds is 6. The summed E-state index contributed by atoms with van der Waals surface area (Å²) in [6.07, 6.45) is 0. The minimum Gasteiger partial charge on any atom is -0.351 e. The largest absolute Gasteiger partial charge is 0.351 e. The molecule has 1 aromatic heterocycles. The number of aromatic nitrogens is 3. The van der Waals surface area contributed by atoms with Crippen LogP contribution in [0.25, 0.3) is 0 Å². The molecule has 0 saturated carbocycles. The molecule has 0 saturated heterocycles. The van der Waals surface area contributed by atoms with Crippen molar-refractivity contribution < 1.29 is 4.79 Å². The van der Waals surface area contributed by atoms with Gasteiger partial charge in [-0.25, -0.2) is 4.98 Å². The van der Waals surface area contributed by atoms with E-state index in [1.807, 2.05) is 45.0 Å². The molecule has 1 amide bonds. The average molecular weight is 339 g/mol. The number of halogens is 1. The van der Waals surface area contributed by atoms with Crippen molar-refractivity contribution >= 4 is 29.3 Å². The van der Waals surface area contributed by atoms with Gasteiger partial charge < -0.3 is 5.32 Å². The van der Waals surface area contributed by atoms with Gasteiger partial charge >= 0.3 is 0 Å². The van der Waals surface area contributed by atoms with E-state index in [2.05, 4.69) is 20.5 Å². The van der Waals surface area contributed by atoms with Gasteiger partial charge in [0, 0.05) is 17.5 Å². The highest BCUT2D eigenvalue weighted by Gasteiger charge is 2.17. The second-order valence-corrected chi connectivity index (χ2v) is 7.01. The van der Waals surface area contributed by atoms with Crippen molar-refractivity contribution in [2.45, 2.75) is 43.6 Å². The second kappa shape index (κ2) is 7.65. The van der Waals surface area contributed by atoms with E-state index in [0.29, 0.717) is 16.7 Å². The lowest BCUT2D eigenvalue weighted by atomic mass is 10.2. The number of nitrogens with zero attached hydrogens (tertiary/aromatic N) is 2. The molecule has 5 nitrogen and oxygen atoms in total. The maximum atomic E-state index is 12.1. The van der Waals surface area contributed by atoms with E-state index < -0.39 is 0 Å². The van der Waals surface area contributed by atoms with Gasteiger partial charge in [-0.05, 0) is 24.6 Å². The van der Waals surface area contributed by atoms with E-state index in [4.69, 9.17) is 11.6 Å². The minimum atomic E-state index is -0.261. The van der Waals surface area contributed by atoms with E-state index in [-0.39, 0.29) is 17.1 Å². The Hall–Kier alpha value is -1.53. The number of carbonyl (C=O) groups is 1. The summed E-state index contributed by atoms with van der Waals surface area (Å²) < 4.78 is 0. The predicted molar refractivity (Wildman–Crippen MR) is 89.1 cm³/mol. The summed E-state index contributed by atoms with van der Waals surface area (Å²) in [4.78, 5) is 16.5. The molecule has 7 heteroatoms. The highest BCUT2D eigenvalue weighted by atomic mass is 35.5. The van der Waals surface area contributed by atoms with Gasteiger partial charge in [0.15, 0.2) is 0 Å². The molecule has 2 N–H and O–H groups in total. The summed E-state index contributed by atoms with van der Waals surface area (Å²) in [6, 6.07) is 7.40. The zero-order valence-corrected chi connectivity index (χ0v) is 14.3. The molecule has 2 rings (SSSR count). The molecular weight excluding hydrogens is 320 g/mol. The van der Waals surface area contributed by atoms with Crippen molar-refractivity contribution in [1.29, 1.82) is 0 Å². The minimum absolute atomic E-state index is 0.0455. The topological polar surface area (TPSA) is 70.7 Å². The Morgan fingerprint density at radius 3 is 2.59 bits per heavy atom. The van der Waals surface area contributed by atoms with E-state index in [1.54, 1.807) is 0 Å². The van der Waals surface area contributed by atoms with E-state index in [1.165, 1.54) is 11.8 Å². The monoisotopic (exact) mass is 338 g/mol. The van der Waals surface area contributed by atoms with Crippen LogP contribution in [0.15, 0.2) is 29.4 Å². The van der Waals surface area contributed by atoms with Crippen molar-refractivity contribution in [3.05, 3.63) is 40.7 Å². The van der Waals surface area contributed by atoms with Crippen molar-refractivity contribution in [1.82, 2.24) is 20.5 Å². The summed E-state index contributed by atoms with van der Waals surface area (Å²) in [7, 11) is 0. The summed E-state index contributed by atoms with van der Waals surface area (Å²) in [5, 5.41) is 10.9. The molecule has 1 aromatic carbocycles. The fraction of sp³-hybridized carbons (Fsp3) is 0.400. The zero-order valence-electron chi connectivity index (χ0n) is 12.8. The number of nitrogens with one attached hydrogen (secondary N) is 2. The lowest BCUT2D eigenvalue weighted by Gasteiger charge is -2.10. The van der Waals surface area contributed by atoms with Gasteiger partial charge in [-0.2, -0.15) is 0 Å². The summed E-state index contributed by atoms with van der Waals surface area (Å²) in [5.74, 6) is 1.07. The van der Waals surface area contributed by atoms with Crippen molar-refractivity contribution in [3.63, 3.8) is 0 Å². The Morgan fingerprint density at radius 1 is 1.32 bits per heavy atom. The Labute approximate surface area is 139 Å². The third-order valence-electron chi connectivity index (χ3n) is 3.06. The number of hydrogen-bond donors (Lipinski definition) is 2. The lowest BCUT2D eigenvalue weighted by molar-refractivity contribution is -0.120. The number of benzene rings is 1. The number of hydrogen-bond acceptors (Lipinski definition) is 4. The Bertz CT molecular complexity index is 627. The van der Waals surface area contributed by atoms with Crippen LogP contribution in [0.4, 0.5) is 0 Å². The molecule has 0 aliphatic heterocycles. The molecule has 22 heavy (non-hydrogen) atoms. The van der Waals surface area contributed by atoms with Gasteiger partial charge in [-0.1, -0.05) is 49.3 Å². The van der Waals surface area contributed by atoms with Crippen LogP contribution < -0.4 is 5.32 Å². The Morgan fingerprint density at radius 2 is 2.00 bits per heavy atom. The average Bonchev–Trinajstić information content (AvgIpc) is 2.95. The van der Waals surface area contributed by atoms with Crippen molar-refractivity contribution in [2.75, 3.05) is 0 Å². The smallest absolute Gasteiger partial charge is 0.233 e. The Balaban J connectivity index is 1.84. The van der Waals surface area contributed by atoms with E-state index >= 15 is 0 Å². The number of carbonyl (C=O) groups excluding carboxylic acids is 1. The maximum Gasteiger partial charge on any atom is 0.233 e. The van der Waals surface area contributed by atoms with Crippen molar-refractivity contribution in [3.8, 4) is 0 Å². The van der Waals surface area contributed by atoms with Crippen LogP contribution in [0.3, 0.4) is 0 Å². The Kier molecular flexibility index (Phi) is 5.85. The molecular formula is C15H19ClN4OS. The number of thioether (sulfide) groups is 1. The quantitative estimate of drug-likeness (QED) is 0.792. The highest BCUT2D eigenvalue weighted by Crippen LogP contribution is 2.21. The summed E-state index contributed by atoms with van der Waals surface area (Å²) >= 11 is 7.17. The molecule has 1 heterocycles. The molecule has 2 aromatic rings. The molecule has 118 valence electrons. The number of amides is 1.